The van der Waals surface area contributed by atoms with Crippen LogP contribution in [0, 0.1) is 17.8 Å². The molecular weight excluding hydrogens is 296 g/mol. The van der Waals surface area contributed by atoms with Crippen LogP contribution in [0.3, 0.4) is 0 Å². The van der Waals surface area contributed by atoms with E-state index < -0.39 is 5.97 Å². The van der Waals surface area contributed by atoms with E-state index >= 15 is 0 Å². The third kappa shape index (κ3) is 5.50. The highest BCUT2D eigenvalue weighted by Gasteiger charge is 2.31. The lowest BCUT2D eigenvalue weighted by atomic mass is 9.75. The lowest BCUT2D eigenvalue weighted by Gasteiger charge is -2.36. The fourth-order valence-corrected chi connectivity index (χ4v) is 3.18. The Morgan fingerprint density at radius 2 is 2.17 bits per heavy atom. The molecule has 1 aliphatic rings. The Kier molecular flexibility index (Phi) is 6.39. The van der Waals surface area contributed by atoms with Crippen LogP contribution in [-0.2, 0) is 20.9 Å². The van der Waals surface area contributed by atoms with Crippen molar-refractivity contribution in [2.75, 3.05) is 6.61 Å². The summed E-state index contributed by atoms with van der Waals surface area (Å²) in [7, 11) is 0. The van der Waals surface area contributed by atoms with Gasteiger partial charge in [0.15, 0.2) is 5.43 Å². The monoisotopic (exact) mass is 322 g/mol. The fraction of sp³-hybridized carbons (Fsp3) is 0.667. The minimum absolute atomic E-state index is 0.0487. The van der Waals surface area contributed by atoms with Crippen molar-refractivity contribution in [3.63, 3.8) is 0 Å². The van der Waals surface area contributed by atoms with Crippen LogP contribution in [0.1, 0.15) is 45.8 Å². The maximum atomic E-state index is 11.8. The lowest BCUT2D eigenvalue weighted by molar-refractivity contribution is -0.156. The van der Waals surface area contributed by atoms with E-state index in [-0.39, 0.29) is 24.7 Å². The van der Waals surface area contributed by atoms with Crippen molar-refractivity contribution in [1.29, 1.82) is 0 Å². The predicted molar refractivity (Wildman–Crippen MR) is 85.9 cm³/mol. The molecule has 128 valence electrons. The summed E-state index contributed by atoms with van der Waals surface area (Å²) in [5.41, 5.74) is -0.172. The zero-order valence-electron chi connectivity index (χ0n) is 14.1. The van der Waals surface area contributed by atoms with Crippen molar-refractivity contribution in [2.45, 2.75) is 52.7 Å². The molecule has 3 atom stereocenters. The van der Waals surface area contributed by atoms with Gasteiger partial charge < -0.3 is 13.9 Å². The number of hydrogen-bond acceptors (Lipinski definition) is 5. The molecule has 1 fully saturated rings. The van der Waals surface area contributed by atoms with Crippen LogP contribution in [-0.4, -0.2) is 18.7 Å². The zero-order chi connectivity index (χ0) is 16.8. The van der Waals surface area contributed by atoms with Crippen molar-refractivity contribution < 1.29 is 18.7 Å². The van der Waals surface area contributed by atoms with Gasteiger partial charge in [0.1, 0.15) is 19.0 Å². The molecule has 0 aliphatic heterocycles. The highest BCUT2D eigenvalue weighted by molar-refractivity contribution is 5.70. The van der Waals surface area contributed by atoms with E-state index in [4.69, 9.17) is 13.9 Å². The van der Waals surface area contributed by atoms with Crippen LogP contribution in [0.2, 0.25) is 0 Å². The van der Waals surface area contributed by atoms with Gasteiger partial charge >= 0.3 is 5.97 Å². The van der Waals surface area contributed by atoms with Gasteiger partial charge in [-0.1, -0.05) is 27.2 Å². The molecule has 1 aromatic heterocycles. The van der Waals surface area contributed by atoms with Gasteiger partial charge in [-0.15, -0.1) is 0 Å². The van der Waals surface area contributed by atoms with Gasteiger partial charge in [0, 0.05) is 12.1 Å². The fourth-order valence-electron chi connectivity index (χ4n) is 3.18. The molecule has 2 rings (SSSR count). The minimum Gasteiger partial charge on any atom is -0.465 e. The smallest absolute Gasteiger partial charge is 0.332 e. The first-order valence-electron chi connectivity index (χ1n) is 8.30. The van der Waals surface area contributed by atoms with Crippen LogP contribution < -0.4 is 5.43 Å². The zero-order valence-corrected chi connectivity index (χ0v) is 14.1. The number of ether oxygens (including phenoxy) is 2. The molecule has 0 bridgehead atoms. The van der Waals surface area contributed by atoms with Crippen LogP contribution in [0.15, 0.2) is 27.6 Å². The third-order valence-corrected chi connectivity index (χ3v) is 4.51. The summed E-state index contributed by atoms with van der Waals surface area (Å²) in [6.45, 7) is 6.52. The van der Waals surface area contributed by atoms with E-state index in [1.165, 1.54) is 24.8 Å². The average molecular weight is 322 g/mol. The highest BCUT2D eigenvalue weighted by atomic mass is 16.6. The molecule has 0 saturated heterocycles. The Labute approximate surface area is 137 Å². The first-order valence-corrected chi connectivity index (χ1v) is 8.30. The standard InChI is InChI=1S/C18H26O5/c1-12(2)16-5-4-13(3)8-17(16)22-11-18(20)23-10-15-9-14(19)6-7-21-15/h6-7,9,12-13,16-17H,4-5,8,10-11H2,1-3H3. The quantitative estimate of drug-likeness (QED) is 0.753. The maximum absolute atomic E-state index is 11.8. The highest BCUT2D eigenvalue weighted by Crippen LogP contribution is 2.35. The second-order valence-electron chi connectivity index (χ2n) is 6.77. The van der Waals surface area contributed by atoms with E-state index in [0.29, 0.717) is 23.5 Å². The van der Waals surface area contributed by atoms with Gasteiger partial charge in [-0.05, 0) is 30.6 Å². The minimum atomic E-state index is -0.433. The summed E-state index contributed by atoms with van der Waals surface area (Å²) in [6.07, 6.45) is 4.76. The molecule has 5 nitrogen and oxygen atoms in total. The maximum Gasteiger partial charge on any atom is 0.332 e. The molecule has 3 unspecified atom stereocenters. The van der Waals surface area contributed by atoms with Crippen molar-refractivity contribution in [3.8, 4) is 0 Å². The van der Waals surface area contributed by atoms with Crippen LogP contribution in [0.25, 0.3) is 0 Å². The van der Waals surface area contributed by atoms with Gasteiger partial charge in [0.05, 0.1) is 12.4 Å². The lowest BCUT2D eigenvalue weighted by Crippen LogP contribution is -2.35. The van der Waals surface area contributed by atoms with E-state index in [1.54, 1.807) is 0 Å². The summed E-state index contributed by atoms with van der Waals surface area (Å²) in [5, 5.41) is 0. The SMILES string of the molecule is CC1CCC(C(C)C)C(OCC(=O)OCc2cc(=O)cco2)C1. The number of carbonyl (C=O) groups excluding carboxylic acids is 1. The van der Waals surface area contributed by atoms with E-state index in [2.05, 4.69) is 20.8 Å². The van der Waals surface area contributed by atoms with Gasteiger partial charge in [0.2, 0.25) is 0 Å². The van der Waals surface area contributed by atoms with Crippen molar-refractivity contribution in [3.05, 3.63) is 34.4 Å². The topological polar surface area (TPSA) is 65.7 Å². The molecular formula is C18H26O5. The first-order chi connectivity index (χ1) is 11.0. The van der Waals surface area contributed by atoms with Crippen LogP contribution in [0.4, 0.5) is 0 Å². The normalized spacial score (nSPS) is 24.6. The van der Waals surface area contributed by atoms with E-state index in [0.717, 1.165) is 12.8 Å². The van der Waals surface area contributed by atoms with Crippen molar-refractivity contribution >= 4 is 5.97 Å². The Morgan fingerprint density at radius 3 is 2.87 bits per heavy atom. The van der Waals surface area contributed by atoms with E-state index in [1.807, 2.05) is 0 Å². The summed E-state index contributed by atoms with van der Waals surface area (Å²) in [6, 6.07) is 2.62. The summed E-state index contributed by atoms with van der Waals surface area (Å²) in [4.78, 5) is 23.0. The Bertz CT molecular complexity index is 563. The molecule has 0 N–H and O–H groups in total. The molecule has 1 aromatic rings. The summed E-state index contributed by atoms with van der Waals surface area (Å²) in [5.74, 6) is 1.56. The number of carbonyl (C=O) groups is 1. The Hall–Kier alpha value is -1.62. The largest absolute Gasteiger partial charge is 0.465 e. The van der Waals surface area contributed by atoms with Gasteiger partial charge in [-0.2, -0.15) is 0 Å². The second kappa shape index (κ2) is 8.29. The Morgan fingerprint density at radius 1 is 1.39 bits per heavy atom. The molecule has 5 heteroatoms. The molecule has 1 aliphatic carbocycles. The average Bonchev–Trinajstić information content (AvgIpc) is 2.50. The molecule has 1 heterocycles. The molecule has 0 radical (unpaired) electrons. The molecule has 0 amide bonds. The number of rotatable bonds is 6. The van der Waals surface area contributed by atoms with Crippen molar-refractivity contribution in [2.24, 2.45) is 17.8 Å². The molecule has 0 spiro atoms. The Balaban J connectivity index is 1.79. The number of esters is 1. The predicted octanol–water partition coefficient (Wildman–Crippen LogP) is 3.16. The van der Waals surface area contributed by atoms with Crippen LogP contribution >= 0.6 is 0 Å². The molecule has 23 heavy (non-hydrogen) atoms. The number of hydrogen-bond donors (Lipinski definition) is 0. The molecule has 1 saturated carbocycles. The van der Waals surface area contributed by atoms with Gasteiger partial charge in [-0.3, -0.25) is 4.79 Å². The van der Waals surface area contributed by atoms with E-state index in [9.17, 15) is 9.59 Å². The van der Waals surface area contributed by atoms with Crippen molar-refractivity contribution in [1.82, 2.24) is 0 Å². The second-order valence-corrected chi connectivity index (χ2v) is 6.77. The first kappa shape index (κ1) is 17.7. The van der Waals surface area contributed by atoms with Gasteiger partial charge in [-0.25, -0.2) is 4.79 Å². The van der Waals surface area contributed by atoms with Crippen LogP contribution in [0.5, 0.6) is 0 Å². The summed E-state index contributed by atoms with van der Waals surface area (Å²) < 4.78 is 16.0. The third-order valence-electron chi connectivity index (χ3n) is 4.51. The molecule has 0 aromatic carbocycles. The van der Waals surface area contributed by atoms with Gasteiger partial charge in [0.25, 0.3) is 0 Å². The summed E-state index contributed by atoms with van der Waals surface area (Å²) >= 11 is 0.